The summed E-state index contributed by atoms with van der Waals surface area (Å²) in [5.41, 5.74) is 7.05. The van der Waals surface area contributed by atoms with Crippen molar-refractivity contribution in [2.45, 2.75) is 19.4 Å². The first kappa shape index (κ1) is 15.6. The minimum Gasteiger partial charge on any atom is -0.367 e. The summed E-state index contributed by atoms with van der Waals surface area (Å²) in [6.45, 7) is 2.42. The van der Waals surface area contributed by atoms with Crippen molar-refractivity contribution in [2.24, 2.45) is 0 Å². The van der Waals surface area contributed by atoms with E-state index in [-0.39, 0.29) is 23.8 Å². The van der Waals surface area contributed by atoms with Gasteiger partial charge in [-0.25, -0.2) is 0 Å². The number of fused-ring (bicyclic) bond motifs is 3. The molecule has 0 bridgehead atoms. The van der Waals surface area contributed by atoms with E-state index < -0.39 is 0 Å². The molecule has 1 aliphatic rings. The van der Waals surface area contributed by atoms with Gasteiger partial charge in [-0.15, -0.1) is 16.4 Å². The van der Waals surface area contributed by atoms with Crippen molar-refractivity contribution in [1.29, 1.82) is 0 Å². The third-order valence-electron chi connectivity index (χ3n) is 4.20. The fraction of sp³-hybridized carbons (Fsp3) is 0.250. The van der Waals surface area contributed by atoms with Crippen LogP contribution in [0.5, 0.6) is 0 Å². The smallest absolute Gasteiger partial charge is 0.261 e. The van der Waals surface area contributed by atoms with E-state index in [0.717, 1.165) is 26.9 Å². The number of nitrogens with two attached hydrogens (primary N) is 1. The molecule has 1 unspecified atom stereocenters. The topological polar surface area (TPSA) is 126 Å². The van der Waals surface area contributed by atoms with Crippen LogP contribution in [0.2, 0.25) is 0 Å². The van der Waals surface area contributed by atoms with Crippen molar-refractivity contribution in [2.75, 3.05) is 12.3 Å². The first-order chi connectivity index (χ1) is 12.0. The molecular weight excluding hydrogens is 340 g/mol. The molecule has 2 amide bonds. The highest BCUT2D eigenvalue weighted by Gasteiger charge is 2.23. The van der Waals surface area contributed by atoms with Crippen LogP contribution in [0.25, 0.3) is 10.1 Å². The van der Waals surface area contributed by atoms with Gasteiger partial charge in [-0.2, -0.15) is 4.98 Å². The van der Waals surface area contributed by atoms with Gasteiger partial charge < -0.3 is 16.4 Å². The zero-order chi connectivity index (χ0) is 17.6. The van der Waals surface area contributed by atoms with Crippen molar-refractivity contribution in [3.63, 3.8) is 0 Å². The number of rotatable bonds is 3. The first-order valence-electron chi connectivity index (χ1n) is 7.85. The van der Waals surface area contributed by atoms with Gasteiger partial charge >= 0.3 is 0 Å². The van der Waals surface area contributed by atoms with Crippen LogP contribution in [0.15, 0.2) is 18.2 Å². The summed E-state index contributed by atoms with van der Waals surface area (Å²) in [5, 5.41) is 13.1. The Kier molecular flexibility index (Phi) is 3.65. The van der Waals surface area contributed by atoms with E-state index in [2.05, 4.69) is 25.8 Å². The lowest BCUT2D eigenvalue weighted by Crippen LogP contribution is -2.30. The van der Waals surface area contributed by atoms with Crippen molar-refractivity contribution in [3.05, 3.63) is 40.0 Å². The maximum atomic E-state index is 12.6. The molecule has 1 aromatic carbocycles. The normalized spacial score (nSPS) is 14.8. The van der Waals surface area contributed by atoms with Gasteiger partial charge in [0, 0.05) is 16.8 Å². The molecule has 128 valence electrons. The van der Waals surface area contributed by atoms with Gasteiger partial charge in [-0.1, -0.05) is 0 Å². The molecule has 0 saturated heterocycles. The van der Waals surface area contributed by atoms with E-state index >= 15 is 0 Å². The third kappa shape index (κ3) is 2.72. The van der Waals surface area contributed by atoms with E-state index in [1.165, 1.54) is 11.3 Å². The van der Waals surface area contributed by atoms with E-state index in [9.17, 15) is 9.59 Å². The van der Waals surface area contributed by atoms with Gasteiger partial charge in [0.05, 0.1) is 10.9 Å². The summed E-state index contributed by atoms with van der Waals surface area (Å²) >= 11 is 1.46. The molecule has 8 nitrogen and oxygen atoms in total. The molecular formula is C16H16N6O2S. The predicted octanol–water partition coefficient (Wildman–Crippen LogP) is 1.38. The number of benzene rings is 1. The molecule has 5 N–H and O–H groups in total. The molecule has 4 rings (SSSR count). The average molecular weight is 356 g/mol. The Hall–Kier alpha value is -2.94. The minimum atomic E-state index is -0.352. The highest BCUT2D eigenvalue weighted by Crippen LogP contribution is 2.34. The van der Waals surface area contributed by atoms with Gasteiger partial charge in [0.2, 0.25) is 5.95 Å². The standard InChI is InChI=1S/C16H16N6O2S/c1-7(13-20-16(17)22-21-13)19-14(23)8-2-3-11-10(6-8)9-4-5-18-15(24)12(9)25-11/h2-3,6-7H,4-5H2,1H3,(H,18,24)(H,19,23)(H3,17,20,21,22). The maximum absolute atomic E-state index is 12.6. The number of anilines is 1. The minimum absolute atomic E-state index is 0.0371. The number of nitrogen functional groups attached to an aromatic ring is 1. The number of aromatic nitrogens is 3. The lowest BCUT2D eigenvalue weighted by atomic mass is 10.0. The molecule has 3 heterocycles. The molecule has 0 aliphatic carbocycles. The fourth-order valence-electron chi connectivity index (χ4n) is 2.93. The Morgan fingerprint density at radius 3 is 3.04 bits per heavy atom. The van der Waals surface area contributed by atoms with Crippen LogP contribution < -0.4 is 16.4 Å². The number of carbonyl (C=O) groups excluding carboxylic acids is 2. The van der Waals surface area contributed by atoms with Crippen LogP contribution in [0.1, 0.15) is 44.4 Å². The second-order valence-electron chi connectivity index (χ2n) is 5.90. The maximum Gasteiger partial charge on any atom is 0.261 e. The largest absolute Gasteiger partial charge is 0.367 e. The molecule has 1 aliphatic heterocycles. The van der Waals surface area contributed by atoms with Crippen molar-refractivity contribution in [1.82, 2.24) is 25.8 Å². The lowest BCUT2D eigenvalue weighted by molar-refractivity contribution is 0.0934. The van der Waals surface area contributed by atoms with Crippen molar-refractivity contribution < 1.29 is 9.59 Å². The number of amides is 2. The monoisotopic (exact) mass is 356 g/mol. The summed E-state index contributed by atoms with van der Waals surface area (Å²) in [6, 6.07) is 5.15. The average Bonchev–Trinajstić information content (AvgIpc) is 3.19. The van der Waals surface area contributed by atoms with Gasteiger partial charge in [-0.3, -0.25) is 14.7 Å². The van der Waals surface area contributed by atoms with Crippen LogP contribution in [0.3, 0.4) is 0 Å². The molecule has 3 aromatic rings. The number of carbonyl (C=O) groups is 2. The van der Waals surface area contributed by atoms with Gasteiger partial charge in [0.1, 0.15) is 5.82 Å². The van der Waals surface area contributed by atoms with Crippen molar-refractivity contribution >= 4 is 39.2 Å². The van der Waals surface area contributed by atoms with Crippen LogP contribution in [0.4, 0.5) is 5.95 Å². The number of nitrogens with zero attached hydrogens (tertiary/aromatic N) is 2. The quantitative estimate of drug-likeness (QED) is 0.564. The van der Waals surface area contributed by atoms with Gasteiger partial charge in [-0.05, 0) is 42.5 Å². The molecule has 0 saturated carbocycles. The van der Waals surface area contributed by atoms with Crippen molar-refractivity contribution in [3.8, 4) is 0 Å². The molecule has 0 spiro atoms. The van der Waals surface area contributed by atoms with Crippen LogP contribution >= 0.6 is 11.3 Å². The summed E-state index contributed by atoms with van der Waals surface area (Å²) in [6.07, 6.45) is 0.778. The molecule has 1 atom stereocenters. The Bertz CT molecular complexity index is 992. The number of nitrogens with one attached hydrogen (secondary N) is 3. The highest BCUT2D eigenvalue weighted by atomic mass is 32.1. The number of hydrogen-bond acceptors (Lipinski definition) is 6. The number of hydrogen-bond donors (Lipinski definition) is 4. The van der Waals surface area contributed by atoms with Crippen LogP contribution in [0, 0.1) is 0 Å². The molecule has 0 radical (unpaired) electrons. The Labute approximate surface area is 146 Å². The van der Waals surface area contributed by atoms with Crippen LogP contribution in [-0.2, 0) is 6.42 Å². The first-order valence-corrected chi connectivity index (χ1v) is 8.67. The predicted molar refractivity (Wildman–Crippen MR) is 94.5 cm³/mol. The summed E-state index contributed by atoms with van der Waals surface area (Å²) in [7, 11) is 0. The SMILES string of the molecule is CC(NC(=O)c1ccc2sc3c(c2c1)CCNC3=O)c1nc(N)n[nH]1. The number of H-pyrrole nitrogens is 1. The second-order valence-corrected chi connectivity index (χ2v) is 6.95. The molecule has 9 heteroatoms. The Balaban J connectivity index is 1.62. The van der Waals surface area contributed by atoms with Crippen LogP contribution in [-0.4, -0.2) is 33.5 Å². The highest BCUT2D eigenvalue weighted by molar-refractivity contribution is 7.21. The number of thiophene rings is 1. The van der Waals surface area contributed by atoms with E-state index in [1.807, 2.05) is 12.1 Å². The Morgan fingerprint density at radius 2 is 2.28 bits per heavy atom. The zero-order valence-corrected chi connectivity index (χ0v) is 14.2. The number of aromatic amines is 1. The Morgan fingerprint density at radius 1 is 1.44 bits per heavy atom. The van der Waals surface area contributed by atoms with E-state index in [0.29, 0.717) is 17.9 Å². The summed E-state index contributed by atoms with van der Waals surface area (Å²) in [4.78, 5) is 29.3. The second kappa shape index (κ2) is 5.85. The van der Waals surface area contributed by atoms with Gasteiger partial charge in [0.25, 0.3) is 11.8 Å². The van der Waals surface area contributed by atoms with E-state index in [4.69, 9.17) is 5.73 Å². The summed E-state index contributed by atoms with van der Waals surface area (Å²) < 4.78 is 1.01. The van der Waals surface area contributed by atoms with Gasteiger partial charge in [0.15, 0.2) is 0 Å². The zero-order valence-electron chi connectivity index (χ0n) is 13.4. The molecule has 25 heavy (non-hydrogen) atoms. The molecule has 0 fully saturated rings. The molecule has 2 aromatic heterocycles. The summed E-state index contributed by atoms with van der Waals surface area (Å²) in [5.74, 6) is 0.381. The third-order valence-corrected chi connectivity index (χ3v) is 5.41. The fourth-order valence-corrected chi connectivity index (χ4v) is 4.08. The lowest BCUT2D eigenvalue weighted by Gasteiger charge is -2.13. The van der Waals surface area contributed by atoms with E-state index in [1.54, 1.807) is 13.0 Å².